The van der Waals surface area contributed by atoms with Crippen molar-refractivity contribution in [2.45, 2.75) is 97.8 Å². The third-order valence-corrected chi connectivity index (χ3v) is 3.72. The molecule has 0 heterocycles. The summed E-state index contributed by atoms with van der Waals surface area (Å²) in [6.07, 6.45) is 18.0. The minimum atomic E-state index is -0.916. The SMILES string of the molecule is CCCCCCC=CCCCCCCCC(=O)[O-].CC[NH2+]CC. The monoisotopic (exact) mass is 327 g/mol. The first-order valence-electron chi connectivity index (χ1n) is 9.85. The molecule has 0 saturated heterocycles. The molecule has 0 amide bonds. The maximum Gasteiger partial charge on any atom is 0.0726 e. The van der Waals surface area contributed by atoms with E-state index in [0.29, 0.717) is 0 Å². The van der Waals surface area contributed by atoms with Crippen molar-refractivity contribution >= 4 is 5.97 Å². The lowest BCUT2D eigenvalue weighted by molar-refractivity contribution is -0.648. The molecular formula is C20H41NO2. The average Bonchev–Trinajstić information content (AvgIpc) is 2.53. The molecule has 0 saturated carbocycles. The van der Waals surface area contributed by atoms with Crippen molar-refractivity contribution in [2.75, 3.05) is 13.1 Å². The molecule has 0 aliphatic rings. The summed E-state index contributed by atoms with van der Waals surface area (Å²) in [5.74, 6) is -0.916. The van der Waals surface area contributed by atoms with Crippen LogP contribution in [0.15, 0.2) is 12.2 Å². The number of rotatable bonds is 15. The number of allylic oxidation sites excluding steroid dienone is 2. The molecule has 0 aliphatic heterocycles. The van der Waals surface area contributed by atoms with Gasteiger partial charge in [-0.25, -0.2) is 0 Å². The van der Waals surface area contributed by atoms with Crippen LogP contribution in [-0.2, 0) is 4.79 Å². The zero-order valence-electron chi connectivity index (χ0n) is 15.9. The number of carboxylic acid groups (broad SMARTS) is 1. The summed E-state index contributed by atoms with van der Waals surface area (Å²) in [6.45, 7) is 8.99. The molecule has 0 radical (unpaired) electrons. The number of quaternary nitrogens is 1. The Morgan fingerprint density at radius 3 is 1.70 bits per heavy atom. The highest BCUT2D eigenvalue weighted by molar-refractivity contribution is 5.63. The molecule has 0 aliphatic carbocycles. The third-order valence-electron chi connectivity index (χ3n) is 3.72. The molecule has 0 spiro atoms. The molecule has 0 bridgehead atoms. The van der Waals surface area contributed by atoms with E-state index >= 15 is 0 Å². The Kier molecular flexibility index (Phi) is 24.9. The number of carboxylic acids is 1. The van der Waals surface area contributed by atoms with Crippen molar-refractivity contribution < 1.29 is 15.2 Å². The van der Waals surface area contributed by atoms with Crippen LogP contribution in [0, 0.1) is 0 Å². The number of hydrogen-bond acceptors (Lipinski definition) is 2. The maximum atomic E-state index is 10.2. The number of unbranched alkanes of at least 4 members (excludes halogenated alkanes) is 9. The van der Waals surface area contributed by atoms with Gasteiger partial charge >= 0.3 is 0 Å². The average molecular weight is 328 g/mol. The molecule has 0 rings (SSSR count). The summed E-state index contributed by atoms with van der Waals surface area (Å²) < 4.78 is 0. The second-order valence-electron chi connectivity index (χ2n) is 6.10. The van der Waals surface area contributed by atoms with E-state index in [1.165, 1.54) is 64.5 Å². The van der Waals surface area contributed by atoms with Gasteiger partial charge in [0.25, 0.3) is 0 Å². The maximum absolute atomic E-state index is 10.2. The van der Waals surface area contributed by atoms with Gasteiger partial charge < -0.3 is 15.2 Å². The summed E-state index contributed by atoms with van der Waals surface area (Å²) in [7, 11) is 0. The molecule has 138 valence electrons. The van der Waals surface area contributed by atoms with Crippen LogP contribution in [0.3, 0.4) is 0 Å². The second-order valence-corrected chi connectivity index (χ2v) is 6.10. The molecule has 3 heteroatoms. The molecule has 0 unspecified atom stereocenters. The molecule has 0 fully saturated rings. The van der Waals surface area contributed by atoms with Crippen molar-refractivity contribution in [3.8, 4) is 0 Å². The molecular weight excluding hydrogens is 286 g/mol. The summed E-state index contributed by atoms with van der Waals surface area (Å²) in [5, 5.41) is 12.4. The van der Waals surface area contributed by atoms with Gasteiger partial charge in [0.2, 0.25) is 0 Å². The highest BCUT2D eigenvalue weighted by Gasteiger charge is 1.91. The third kappa shape index (κ3) is 29.8. The fourth-order valence-corrected chi connectivity index (χ4v) is 2.28. The van der Waals surface area contributed by atoms with Crippen LogP contribution in [0.2, 0.25) is 0 Å². The molecule has 3 nitrogen and oxygen atoms in total. The molecule has 2 N–H and O–H groups in total. The van der Waals surface area contributed by atoms with E-state index in [2.05, 4.69) is 38.2 Å². The van der Waals surface area contributed by atoms with Gasteiger partial charge in [-0.3, -0.25) is 0 Å². The Labute approximate surface area is 144 Å². The zero-order valence-corrected chi connectivity index (χ0v) is 15.9. The largest absolute Gasteiger partial charge is 0.550 e. The lowest BCUT2D eigenvalue weighted by Gasteiger charge is -2.01. The van der Waals surface area contributed by atoms with Crippen LogP contribution in [0.1, 0.15) is 97.8 Å². The fourth-order valence-electron chi connectivity index (χ4n) is 2.28. The quantitative estimate of drug-likeness (QED) is 0.369. The molecule has 23 heavy (non-hydrogen) atoms. The van der Waals surface area contributed by atoms with E-state index in [0.717, 1.165) is 19.3 Å². The Balaban J connectivity index is 0. The van der Waals surface area contributed by atoms with Gasteiger partial charge in [0, 0.05) is 5.97 Å². The van der Waals surface area contributed by atoms with E-state index in [4.69, 9.17) is 0 Å². The lowest BCUT2D eigenvalue weighted by atomic mass is 10.1. The van der Waals surface area contributed by atoms with Gasteiger partial charge in [-0.05, 0) is 52.4 Å². The van der Waals surface area contributed by atoms with Crippen LogP contribution in [0.5, 0.6) is 0 Å². The summed E-state index contributed by atoms with van der Waals surface area (Å²) in [6, 6.07) is 0. The van der Waals surface area contributed by atoms with Crippen LogP contribution in [-0.4, -0.2) is 19.1 Å². The summed E-state index contributed by atoms with van der Waals surface area (Å²) in [5.41, 5.74) is 0. The van der Waals surface area contributed by atoms with Gasteiger partial charge in [-0.15, -0.1) is 0 Å². The fraction of sp³-hybridized carbons (Fsp3) is 0.850. The van der Waals surface area contributed by atoms with Crippen molar-refractivity contribution in [3.05, 3.63) is 12.2 Å². The van der Waals surface area contributed by atoms with Crippen LogP contribution in [0.25, 0.3) is 0 Å². The van der Waals surface area contributed by atoms with Crippen molar-refractivity contribution in [2.24, 2.45) is 0 Å². The Morgan fingerprint density at radius 1 is 0.783 bits per heavy atom. The van der Waals surface area contributed by atoms with E-state index in [9.17, 15) is 9.90 Å². The van der Waals surface area contributed by atoms with E-state index in [1.54, 1.807) is 0 Å². The summed E-state index contributed by atoms with van der Waals surface area (Å²) >= 11 is 0. The Morgan fingerprint density at radius 2 is 1.26 bits per heavy atom. The molecule has 0 aromatic carbocycles. The highest BCUT2D eigenvalue weighted by Crippen LogP contribution is 2.08. The van der Waals surface area contributed by atoms with Crippen LogP contribution < -0.4 is 10.4 Å². The Hall–Kier alpha value is -0.830. The number of aliphatic carboxylic acids is 1. The second kappa shape index (κ2) is 23.4. The molecule has 0 aromatic heterocycles. The van der Waals surface area contributed by atoms with Crippen molar-refractivity contribution in [1.29, 1.82) is 0 Å². The smallest absolute Gasteiger partial charge is 0.0726 e. The first-order chi connectivity index (χ1) is 11.2. The van der Waals surface area contributed by atoms with Crippen molar-refractivity contribution in [1.82, 2.24) is 0 Å². The number of carbonyl (C=O) groups excluding carboxylic acids is 1. The lowest BCUT2D eigenvalue weighted by Crippen LogP contribution is -2.82. The predicted molar refractivity (Wildman–Crippen MR) is 98.2 cm³/mol. The summed E-state index contributed by atoms with van der Waals surface area (Å²) in [4.78, 5) is 10.2. The zero-order chi connectivity index (χ0) is 17.6. The van der Waals surface area contributed by atoms with Gasteiger partial charge in [-0.1, -0.05) is 57.6 Å². The normalized spacial score (nSPS) is 10.6. The van der Waals surface area contributed by atoms with Crippen LogP contribution >= 0.6 is 0 Å². The first-order valence-corrected chi connectivity index (χ1v) is 9.85. The first kappa shape index (κ1) is 24.4. The highest BCUT2D eigenvalue weighted by atomic mass is 16.4. The van der Waals surface area contributed by atoms with Crippen LogP contribution in [0.4, 0.5) is 0 Å². The van der Waals surface area contributed by atoms with E-state index in [-0.39, 0.29) is 6.42 Å². The van der Waals surface area contributed by atoms with Crippen molar-refractivity contribution in [3.63, 3.8) is 0 Å². The molecule has 0 atom stereocenters. The number of carbonyl (C=O) groups is 1. The van der Waals surface area contributed by atoms with E-state index < -0.39 is 5.97 Å². The van der Waals surface area contributed by atoms with E-state index in [1.807, 2.05) is 0 Å². The minimum absolute atomic E-state index is 0.220. The minimum Gasteiger partial charge on any atom is -0.550 e. The predicted octanol–water partition coefficient (Wildman–Crippen LogP) is 3.58. The molecule has 0 aromatic rings. The number of hydrogen-bond donors (Lipinski definition) is 1. The van der Waals surface area contributed by atoms with Gasteiger partial charge in [0.15, 0.2) is 0 Å². The van der Waals surface area contributed by atoms with Gasteiger partial charge in [-0.2, -0.15) is 0 Å². The Bertz CT molecular complexity index is 250. The standard InChI is InChI=1S/C16H30O2.C4H11N/c1-2-3-4-5-6-7-8-9-10-11-12-13-14-15-16(17)18;1-3-5-4-2/h7-8H,2-6,9-15H2,1H3,(H,17,18);5H,3-4H2,1-2H3. The topological polar surface area (TPSA) is 56.7 Å². The van der Waals surface area contributed by atoms with Gasteiger partial charge in [0.05, 0.1) is 13.1 Å². The number of nitrogens with two attached hydrogens (primary N) is 1. The van der Waals surface area contributed by atoms with Gasteiger partial charge in [0.1, 0.15) is 0 Å².